The summed E-state index contributed by atoms with van der Waals surface area (Å²) in [6, 6.07) is 10.5. The first-order valence-corrected chi connectivity index (χ1v) is 8.17. The highest BCUT2D eigenvalue weighted by molar-refractivity contribution is 6.02. The Bertz CT molecular complexity index is 1000. The fourth-order valence-electron chi connectivity index (χ4n) is 2.84. The Labute approximate surface area is 150 Å². The van der Waals surface area contributed by atoms with Gasteiger partial charge in [0.25, 0.3) is 11.5 Å². The first-order chi connectivity index (χ1) is 12.4. The van der Waals surface area contributed by atoms with E-state index < -0.39 is 5.91 Å². The lowest BCUT2D eigenvalue weighted by molar-refractivity contribution is 0.0997. The zero-order valence-electron chi connectivity index (χ0n) is 14.8. The molecule has 0 saturated carbocycles. The zero-order chi connectivity index (χ0) is 18.8. The number of aromatic nitrogens is 3. The molecule has 7 heteroatoms. The van der Waals surface area contributed by atoms with Crippen LogP contribution in [0.3, 0.4) is 0 Å². The van der Waals surface area contributed by atoms with Gasteiger partial charge in [-0.1, -0.05) is 30.3 Å². The second-order valence-electron chi connectivity index (χ2n) is 6.11. The molecule has 7 nitrogen and oxygen atoms in total. The van der Waals surface area contributed by atoms with Crippen LogP contribution in [0, 0.1) is 0 Å². The molecular weight excluding hydrogens is 332 g/mol. The maximum atomic E-state index is 12.8. The quantitative estimate of drug-likeness (QED) is 0.763. The molecule has 0 spiro atoms. The third-order valence-electron chi connectivity index (χ3n) is 4.07. The van der Waals surface area contributed by atoms with Gasteiger partial charge in [-0.05, 0) is 19.4 Å². The number of carbonyl (C=O) groups is 1. The number of rotatable bonds is 5. The number of nitrogens with two attached hydrogens (primary N) is 1. The Balaban J connectivity index is 2.41. The van der Waals surface area contributed by atoms with Gasteiger partial charge in [-0.2, -0.15) is 5.10 Å². The van der Waals surface area contributed by atoms with Crippen LogP contribution in [0.25, 0.3) is 16.9 Å². The summed E-state index contributed by atoms with van der Waals surface area (Å²) in [5, 5.41) is 4.29. The predicted octanol–water partition coefficient (Wildman–Crippen LogP) is 2.39. The Hall–Kier alpha value is -3.35. The third kappa shape index (κ3) is 2.99. The van der Waals surface area contributed by atoms with Gasteiger partial charge in [-0.15, -0.1) is 0 Å². The molecule has 0 bridgehead atoms. The molecule has 0 fully saturated rings. The molecular formula is C19H20N4O3. The highest BCUT2D eigenvalue weighted by atomic mass is 16.5. The van der Waals surface area contributed by atoms with Crippen molar-refractivity contribution in [3.63, 3.8) is 0 Å². The van der Waals surface area contributed by atoms with Crippen molar-refractivity contribution in [3.05, 3.63) is 64.7 Å². The van der Waals surface area contributed by atoms with Gasteiger partial charge in [-0.25, -0.2) is 0 Å². The third-order valence-corrected chi connectivity index (χ3v) is 4.07. The van der Waals surface area contributed by atoms with E-state index in [0.717, 1.165) is 0 Å². The zero-order valence-corrected chi connectivity index (χ0v) is 14.8. The lowest BCUT2D eigenvalue weighted by atomic mass is 10.0. The molecule has 26 heavy (non-hydrogen) atoms. The molecule has 0 atom stereocenters. The van der Waals surface area contributed by atoms with Crippen LogP contribution in [-0.4, -0.2) is 27.4 Å². The lowest BCUT2D eigenvalue weighted by Gasteiger charge is -2.17. The van der Waals surface area contributed by atoms with E-state index in [0.29, 0.717) is 16.9 Å². The molecule has 0 aliphatic rings. The van der Waals surface area contributed by atoms with Crippen LogP contribution in [0.2, 0.25) is 0 Å². The van der Waals surface area contributed by atoms with Gasteiger partial charge in [0.15, 0.2) is 0 Å². The number of hydrogen-bond acceptors (Lipinski definition) is 4. The minimum Gasteiger partial charge on any atom is -0.496 e. The molecule has 0 saturated heterocycles. The second-order valence-corrected chi connectivity index (χ2v) is 6.11. The van der Waals surface area contributed by atoms with Crippen molar-refractivity contribution in [2.45, 2.75) is 19.9 Å². The molecule has 0 aliphatic carbocycles. The molecule has 0 unspecified atom stereocenters. The van der Waals surface area contributed by atoms with E-state index in [2.05, 4.69) is 5.10 Å². The van der Waals surface area contributed by atoms with Crippen LogP contribution < -0.4 is 16.0 Å². The maximum absolute atomic E-state index is 12.8. The van der Waals surface area contributed by atoms with Gasteiger partial charge in [0.1, 0.15) is 11.3 Å². The maximum Gasteiger partial charge on any atom is 0.259 e. The van der Waals surface area contributed by atoms with Crippen LogP contribution in [0.5, 0.6) is 5.75 Å². The minimum absolute atomic E-state index is 0.133. The number of benzene rings is 1. The lowest BCUT2D eigenvalue weighted by Crippen LogP contribution is -2.25. The van der Waals surface area contributed by atoms with E-state index in [1.807, 2.05) is 44.2 Å². The topological polar surface area (TPSA) is 92.1 Å². The van der Waals surface area contributed by atoms with Crippen LogP contribution in [0.4, 0.5) is 0 Å². The van der Waals surface area contributed by atoms with E-state index in [9.17, 15) is 9.59 Å². The number of primary amides is 1. The van der Waals surface area contributed by atoms with E-state index in [1.165, 1.54) is 17.7 Å². The molecule has 0 radical (unpaired) electrons. The highest BCUT2D eigenvalue weighted by Gasteiger charge is 2.23. The van der Waals surface area contributed by atoms with Gasteiger partial charge in [-0.3, -0.25) is 18.8 Å². The van der Waals surface area contributed by atoms with Gasteiger partial charge in [0.05, 0.1) is 24.7 Å². The number of hydrogen-bond donors (Lipinski definition) is 1. The van der Waals surface area contributed by atoms with Crippen molar-refractivity contribution >= 4 is 5.91 Å². The van der Waals surface area contributed by atoms with Crippen molar-refractivity contribution in [2.24, 2.45) is 5.73 Å². The van der Waals surface area contributed by atoms with Gasteiger partial charge in [0, 0.05) is 18.3 Å². The first-order valence-electron chi connectivity index (χ1n) is 8.17. The van der Waals surface area contributed by atoms with Crippen molar-refractivity contribution in [3.8, 4) is 22.7 Å². The van der Waals surface area contributed by atoms with Gasteiger partial charge in [0.2, 0.25) is 0 Å². The van der Waals surface area contributed by atoms with Crippen LogP contribution in [-0.2, 0) is 0 Å². The van der Waals surface area contributed by atoms with Crippen LogP contribution in [0.1, 0.15) is 30.2 Å². The van der Waals surface area contributed by atoms with E-state index in [1.54, 1.807) is 17.1 Å². The number of carbonyl (C=O) groups excluding carboxylic acids is 1. The Morgan fingerprint density at radius 1 is 1.23 bits per heavy atom. The van der Waals surface area contributed by atoms with E-state index in [4.69, 9.17) is 10.5 Å². The largest absolute Gasteiger partial charge is 0.496 e. The smallest absolute Gasteiger partial charge is 0.259 e. The fourth-order valence-corrected chi connectivity index (χ4v) is 2.84. The molecule has 3 aromatic rings. The van der Waals surface area contributed by atoms with E-state index in [-0.39, 0.29) is 22.9 Å². The normalized spacial score (nSPS) is 10.9. The Kier molecular flexibility index (Phi) is 4.62. The number of nitrogens with zero attached hydrogens (tertiary/aromatic N) is 3. The summed E-state index contributed by atoms with van der Waals surface area (Å²) in [4.78, 5) is 25.0. The molecule has 0 aliphatic heterocycles. The fraction of sp³-hybridized carbons (Fsp3) is 0.211. The standard InChI is InChI=1S/C19H20N4O3/c1-12(2)22-11-14(10-21-22)23-16(24)9-15(26-3)17(19(20)25)18(23)13-7-5-4-6-8-13/h4-12H,1-3H3,(H2,20,25). The summed E-state index contributed by atoms with van der Waals surface area (Å²) in [7, 11) is 1.40. The second kappa shape index (κ2) is 6.87. The molecule has 2 heterocycles. The number of methoxy groups -OCH3 is 1. The summed E-state index contributed by atoms with van der Waals surface area (Å²) in [5.41, 5.74) is 7.04. The van der Waals surface area contributed by atoms with Gasteiger partial charge < -0.3 is 10.5 Å². The first kappa shape index (κ1) is 17.5. The van der Waals surface area contributed by atoms with Crippen LogP contribution in [0.15, 0.2) is 53.6 Å². The summed E-state index contributed by atoms with van der Waals surface area (Å²) in [5.74, 6) is -0.528. The number of ether oxygens (including phenoxy) is 1. The average molecular weight is 352 g/mol. The average Bonchev–Trinajstić information content (AvgIpc) is 3.11. The summed E-state index contributed by atoms with van der Waals surface area (Å²) in [6.45, 7) is 3.97. The molecule has 134 valence electrons. The summed E-state index contributed by atoms with van der Waals surface area (Å²) in [6.07, 6.45) is 3.35. The highest BCUT2D eigenvalue weighted by Crippen LogP contribution is 2.30. The number of amides is 1. The van der Waals surface area contributed by atoms with Crippen molar-refractivity contribution in [2.75, 3.05) is 7.11 Å². The molecule has 1 amide bonds. The van der Waals surface area contributed by atoms with Crippen molar-refractivity contribution in [1.29, 1.82) is 0 Å². The molecule has 2 N–H and O–H groups in total. The summed E-state index contributed by atoms with van der Waals surface area (Å²) >= 11 is 0. The summed E-state index contributed by atoms with van der Waals surface area (Å²) < 4.78 is 8.42. The molecule has 1 aromatic carbocycles. The van der Waals surface area contributed by atoms with Crippen molar-refractivity contribution < 1.29 is 9.53 Å². The SMILES string of the molecule is COc1cc(=O)n(-c2cnn(C(C)C)c2)c(-c2ccccc2)c1C(N)=O. The monoisotopic (exact) mass is 352 g/mol. The van der Waals surface area contributed by atoms with E-state index >= 15 is 0 Å². The van der Waals surface area contributed by atoms with Crippen LogP contribution >= 0.6 is 0 Å². The van der Waals surface area contributed by atoms with Crippen molar-refractivity contribution in [1.82, 2.24) is 14.3 Å². The molecule has 2 aromatic heterocycles. The molecule has 3 rings (SSSR count). The minimum atomic E-state index is -0.675. The number of pyridine rings is 1. The Morgan fingerprint density at radius 2 is 1.92 bits per heavy atom. The predicted molar refractivity (Wildman–Crippen MR) is 98.7 cm³/mol. The van der Waals surface area contributed by atoms with Gasteiger partial charge >= 0.3 is 0 Å². The Morgan fingerprint density at radius 3 is 2.46 bits per heavy atom.